The highest BCUT2D eigenvalue weighted by molar-refractivity contribution is 5.90. The summed E-state index contributed by atoms with van der Waals surface area (Å²) >= 11 is 0. The van der Waals surface area contributed by atoms with Gasteiger partial charge in [0.2, 0.25) is 5.91 Å². The van der Waals surface area contributed by atoms with Crippen molar-refractivity contribution in [2.75, 3.05) is 5.32 Å². The van der Waals surface area contributed by atoms with Crippen LogP contribution >= 0.6 is 0 Å². The molecule has 100 valence electrons. The maximum atomic E-state index is 13.4. The van der Waals surface area contributed by atoms with Gasteiger partial charge < -0.3 is 9.88 Å². The van der Waals surface area contributed by atoms with Gasteiger partial charge in [0.25, 0.3) is 0 Å². The van der Waals surface area contributed by atoms with Gasteiger partial charge in [-0.2, -0.15) is 0 Å². The predicted octanol–water partition coefficient (Wildman–Crippen LogP) is 2.78. The van der Waals surface area contributed by atoms with Gasteiger partial charge in [-0.3, -0.25) is 4.79 Å². The Balaban J connectivity index is 2.06. The molecular weight excluding hydrogens is 245 g/mol. The average molecular weight is 261 g/mol. The zero-order valence-corrected chi connectivity index (χ0v) is 10.9. The quantitative estimate of drug-likeness (QED) is 0.920. The molecule has 0 bridgehead atoms. The highest BCUT2D eigenvalue weighted by atomic mass is 19.1. The molecule has 5 heteroatoms. The number of imidazole rings is 1. The number of nitrogens with one attached hydrogen (secondary N) is 1. The molecule has 2 rings (SSSR count). The molecule has 2 aromatic rings. The van der Waals surface area contributed by atoms with Crippen molar-refractivity contribution in [2.24, 2.45) is 0 Å². The summed E-state index contributed by atoms with van der Waals surface area (Å²) < 4.78 is 15.2. The van der Waals surface area contributed by atoms with Crippen LogP contribution in [0, 0.1) is 5.82 Å². The fourth-order valence-electron chi connectivity index (χ4n) is 1.86. The van der Waals surface area contributed by atoms with Crippen LogP contribution in [0.15, 0.2) is 36.7 Å². The van der Waals surface area contributed by atoms with Crippen molar-refractivity contribution in [3.05, 3.63) is 48.3 Å². The molecule has 0 aliphatic heterocycles. The first-order valence-electron chi connectivity index (χ1n) is 6.13. The van der Waals surface area contributed by atoms with Crippen molar-refractivity contribution < 1.29 is 9.18 Å². The molecule has 1 N–H and O–H groups in total. The number of nitrogens with zero attached hydrogens (tertiary/aromatic N) is 2. The van der Waals surface area contributed by atoms with E-state index in [1.54, 1.807) is 29.1 Å². The molecule has 0 aliphatic rings. The molecule has 0 unspecified atom stereocenters. The third-order valence-electron chi connectivity index (χ3n) is 2.73. The summed E-state index contributed by atoms with van der Waals surface area (Å²) in [7, 11) is 0. The molecule has 1 amide bonds. The second-order valence-electron chi connectivity index (χ2n) is 4.60. The normalized spacial score (nSPS) is 10.7. The lowest BCUT2D eigenvalue weighted by molar-refractivity contribution is -0.116. The van der Waals surface area contributed by atoms with E-state index in [1.807, 2.05) is 13.8 Å². The minimum Gasteiger partial charge on any atom is -0.325 e. The fourth-order valence-corrected chi connectivity index (χ4v) is 1.86. The van der Waals surface area contributed by atoms with Crippen LogP contribution in [-0.4, -0.2) is 15.5 Å². The highest BCUT2D eigenvalue weighted by Crippen LogP contribution is 2.14. The van der Waals surface area contributed by atoms with Crippen LogP contribution in [0.4, 0.5) is 10.1 Å². The van der Waals surface area contributed by atoms with E-state index in [9.17, 15) is 9.18 Å². The Hall–Kier alpha value is -2.17. The first-order chi connectivity index (χ1) is 9.08. The van der Waals surface area contributed by atoms with Gasteiger partial charge in [0, 0.05) is 18.3 Å². The molecule has 0 saturated carbocycles. The van der Waals surface area contributed by atoms with Crippen LogP contribution in [0.2, 0.25) is 0 Å². The van der Waals surface area contributed by atoms with E-state index >= 15 is 0 Å². The number of carbonyl (C=O) groups is 1. The first kappa shape index (κ1) is 13.3. The predicted molar refractivity (Wildman–Crippen MR) is 71.3 cm³/mol. The molecule has 1 aromatic heterocycles. The number of amides is 1. The number of halogens is 1. The number of rotatable bonds is 4. The summed E-state index contributed by atoms with van der Waals surface area (Å²) in [5, 5.41) is 2.55. The maximum absolute atomic E-state index is 13.4. The molecule has 19 heavy (non-hydrogen) atoms. The smallest absolute Gasteiger partial charge is 0.244 e. The second kappa shape index (κ2) is 5.65. The van der Waals surface area contributed by atoms with Gasteiger partial charge >= 0.3 is 0 Å². The minimum atomic E-state index is -0.439. The molecule has 0 atom stereocenters. The number of aromatic nitrogens is 2. The third kappa shape index (κ3) is 3.19. The number of hydrogen-bond acceptors (Lipinski definition) is 2. The molecular formula is C14H16FN3O. The standard InChI is InChI=1S/C14H16FN3O/c1-10(2)14-16-7-8-18(14)9-13(19)17-12-6-4-3-5-11(12)15/h3-8,10H,9H2,1-2H3,(H,17,19). The van der Waals surface area contributed by atoms with E-state index in [2.05, 4.69) is 10.3 Å². The van der Waals surface area contributed by atoms with Crippen molar-refractivity contribution in [1.29, 1.82) is 0 Å². The number of benzene rings is 1. The number of hydrogen-bond donors (Lipinski definition) is 1. The maximum Gasteiger partial charge on any atom is 0.244 e. The molecule has 0 radical (unpaired) electrons. The molecule has 1 heterocycles. The Kier molecular flexibility index (Phi) is 3.94. The van der Waals surface area contributed by atoms with Crippen LogP contribution in [0.25, 0.3) is 0 Å². The van der Waals surface area contributed by atoms with E-state index in [4.69, 9.17) is 0 Å². The summed E-state index contributed by atoms with van der Waals surface area (Å²) in [6.45, 7) is 4.14. The fraction of sp³-hybridized carbons (Fsp3) is 0.286. The molecule has 0 aliphatic carbocycles. The number of anilines is 1. The van der Waals surface area contributed by atoms with E-state index in [1.165, 1.54) is 12.1 Å². The SMILES string of the molecule is CC(C)c1nccn1CC(=O)Nc1ccccc1F. The molecule has 4 nitrogen and oxygen atoms in total. The summed E-state index contributed by atoms with van der Waals surface area (Å²) in [6, 6.07) is 6.10. The van der Waals surface area contributed by atoms with Crippen molar-refractivity contribution in [1.82, 2.24) is 9.55 Å². The van der Waals surface area contributed by atoms with Crippen LogP contribution in [0.1, 0.15) is 25.6 Å². The Bertz CT molecular complexity index is 578. The average Bonchev–Trinajstić information content (AvgIpc) is 2.80. The molecule has 0 fully saturated rings. The van der Waals surface area contributed by atoms with Gasteiger partial charge in [-0.05, 0) is 12.1 Å². The van der Waals surface area contributed by atoms with E-state index in [0.717, 1.165) is 5.82 Å². The first-order valence-corrected chi connectivity index (χ1v) is 6.13. The largest absolute Gasteiger partial charge is 0.325 e. The lowest BCUT2D eigenvalue weighted by Crippen LogP contribution is -2.20. The van der Waals surface area contributed by atoms with E-state index < -0.39 is 5.82 Å². The van der Waals surface area contributed by atoms with Crippen LogP contribution in [0.5, 0.6) is 0 Å². The van der Waals surface area contributed by atoms with Gasteiger partial charge in [-0.15, -0.1) is 0 Å². The topological polar surface area (TPSA) is 46.9 Å². The van der Waals surface area contributed by atoms with Crippen molar-refractivity contribution in [2.45, 2.75) is 26.3 Å². The zero-order valence-electron chi connectivity index (χ0n) is 10.9. The van der Waals surface area contributed by atoms with Gasteiger partial charge in [0.15, 0.2) is 0 Å². The Labute approximate surface area is 111 Å². The Morgan fingerprint density at radius 2 is 2.16 bits per heavy atom. The van der Waals surface area contributed by atoms with Crippen molar-refractivity contribution >= 4 is 11.6 Å². The van der Waals surface area contributed by atoms with Crippen LogP contribution in [0.3, 0.4) is 0 Å². The van der Waals surface area contributed by atoms with Gasteiger partial charge in [-0.25, -0.2) is 9.37 Å². The third-order valence-corrected chi connectivity index (χ3v) is 2.73. The summed E-state index contributed by atoms with van der Waals surface area (Å²) in [5.74, 6) is 0.357. The van der Waals surface area contributed by atoms with Crippen molar-refractivity contribution in [3.8, 4) is 0 Å². The lowest BCUT2D eigenvalue weighted by atomic mass is 10.2. The Morgan fingerprint density at radius 3 is 2.84 bits per heavy atom. The summed E-state index contributed by atoms with van der Waals surface area (Å²) in [5.41, 5.74) is 0.193. The number of carbonyl (C=O) groups excluding carboxylic acids is 1. The monoisotopic (exact) mass is 261 g/mol. The number of para-hydroxylation sites is 1. The highest BCUT2D eigenvalue weighted by Gasteiger charge is 2.11. The van der Waals surface area contributed by atoms with Gasteiger partial charge in [0.05, 0.1) is 5.69 Å². The Morgan fingerprint density at radius 1 is 1.42 bits per heavy atom. The van der Waals surface area contributed by atoms with Crippen molar-refractivity contribution in [3.63, 3.8) is 0 Å². The van der Waals surface area contributed by atoms with E-state index in [-0.39, 0.29) is 24.1 Å². The lowest BCUT2D eigenvalue weighted by Gasteiger charge is -2.11. The van der Waals surface area contributed by atoms with Gasteiger partial charge in [0.1, 0.15) is 18.2 Å². The molecule has 0 saturated heterocycles. The molecule has 0 spiro atoms. The second-order valence-corrected chi connectivity index (χ2v) is 4.60. The summed E-state index contributed by atoms with van der Waals surface area (Å²) in [4.78, 5) is 16.1. The van der Waals surface area contributed by atoms with Crippen LogP contribution in [-0.2, 0) is 11.3 Å². The molecule has 1 aromatic carbocycles. The van der Waals surface area contributed by atoms with Crippen LogP contribution < -0.4 is 5.32 Å². The zero-order chi connectivity index (χ0) is 13.8. The summed E-state index contributed by atoms with van der Waals surface area (Å²) in [6.07, 6.45) is 3.40. The minimum absolute atomic E-state index is 0.127. The van der Waals surface area contributed by atoms with E-state index in [0.29, 0.717) is 0 Å². The van der Waals surface area contributed by atoms with Gasteiger partial charge in [-0.1, -0.05) is 26.0 Å².